The van der Waals surface area contributed by atoms with E-state index in [4.69, 9.17) is 10.7 Å². The number of primary amides is 1. The van der Waals surface area contributed by atoms with Crippen LogP contribution in [0.1, 0.15) is 41.6 Å². The molecule has 0 radical (unpaired) electrons. The van der Waals surface area contributed by atoms with Crippen LogP contribution in [0.4, 0.5) is 5.82 Å². The van der Waals surface area contributed by atoms with Crippen molar-refractivity contribution >= 4 is 28.7 Å². The number of aromatic nitrogens is 2. The van der Waals surface area contributed by atoms with Gasteiger partial charge in [0.05, 0.1) is 9.75 Å². The van der Waals surface area contributed by atoms with Crippen LogP contribution < -0.4 is 11.1 Å². The van der Waals surface area contributed by atoms with Crippen LogP contribution in [0.25, 0.3) is 16.2 Å². The Morgan fingerprint density at radius 2 is 1.93 bits per heavy atom. The monoisotopic (exact) mass is 414 g/mol. The number of amides is 1. The van der Waals surface area contributed by atoms with Crippen LogP contribution in [0.5, 0.6) is 0 Å². The van der Waals surface area contributed by atoms with Gasteiger partial charge in [-0.05, 0) is 63.2 Å². The number of pyridine rings is 1. The zero-order valence-corrected chi connectivity index (χ0v) is 17.9. The van der Waals surface area contributed by atoms with E-state index < -0.39 is 5.91 Å². The van der Waals surface area contributed by atoms with Gasteiger partial charge in [-0.25, -0.2) is 4.98 Å². The fraction of sp³-hybridized carbons (Fsp3) is 0.167. The van der Waals surface area contributed by atoms with Gasteiger partial charge in [-0.3, -0.25) is 9.20 Å². The molecular weight excluding hydrogens is 392 g/mol. The Bertz CT molecular complexity index is 1300. The molecule has 3 heterocycles. The summed E-state index contributed by atoms with van der Waals surface area (Å²) in [5.41, 5.74) is 8.25. The molecule has 0 aliphatic heterocycles. The highest BCUT2D eigenvalue weighted by atomic mass is 32.1. The minimum Gasteiger partial charge on any atom is -0.366 e. The molecule has 6 heteroatoms. The van der Waals surface area contributed by atoms with Crippen LogP contribution in [0.3, 0.4) is 0 Å². The number of carbonyl (C=O) groups is 1. The van der Waals surface area contributed by atoms with Gasteiger partial charge >= 0.3 is 0 Å². The average molecular weight is 415 g/mol. The highest BCUT2D eigenvalue weighted by molar-refractivity contribution is 7.16. The molecule has 4 aromatic rings. The first kappa shape index (κ1) is 19.7. The van der Waals surface area contributed by atoms with Crippen LogP contribution in [-0.4, -0.2) is 20.8 Å². The van der Waals surface area contributed by atoms with Crippen LogP contribution in [0, 0.1) is 11.8 Å². The summed E-state index contributed by atoms with van der Waals surface area (Å²) in [5.74, 6) is 6.80. The van der Waals surface area contributed by atoms with E-state index in [0.717, 1.165) is 32.5 Å². The molecular formula is C24H22N4OS. The summed E-state index contributed by atoms with van der Waals surface area (Å²) in [6, 6.07) is 17.1. The minimum atomic E-state index is -0.456. The summed E-state index contributed by atoms with van der Waals surface area (Å²) in [5, 5.41) is 3.58. The van der Waals surface area contributed by atoms with Crippen molar-refractivity contribution < 1.29 is 4.79 Å². The van der Waals surface area contributed by atoms with Gasteiger partial charge in [0.25, 0.3) is 0 Å². The predicted molar refractivity (Wildman–Crippen MR) is 123 cm³/mol. The fourth-order valence-electron chi connectivity index (χ4n) is 3.06. The van der Waals surface area contributed by atoms with Crippen molar-refractivity contribution in [3.05, 3.63) is 76.8 Å². The maximum Gasteiger partial charge on any atom is 0.248 e. The van der Waals surface area contributed by atoms with Gasteiger partial charge in [-0.2, -0.15) is 0 Å². The standard InChI is InChI=1S/C24H22N4OS/c1-24(2,3)27-23-21(26-20-9-4-5-14-28(20)23)19-13-12-18(30-19)11-10-16-7-6-8-17(15-16)22(25)29/h4-9,12-15,27H,1-3H3,(H2,25,29). The van der Waals surface area contributed by atoms with E-state index in [1.807, 2.05) is 42.6 Å². The normalized spacial score (nSPS) is 11.2. The lowest BCUT2D eigenvalue weighted by Gasteiger charge is -2.22. The van der Waals surface area contributed by atoms with E-state index >= 15 is 0 Å². The van der Waals surface area contributed by atoms with Crippen molar-refractivity contribution in [3.8, 4) is 22.4 Å². The number of fused-ring (bicyclic) bond motifs is 1. The molecule has 0 aliphatic carbocycles. The number of rotatable bonds is 3. The molecule has 0 saturated carbocycles. The molecule has 0 spiro atoms. The van der Waals surface area contributed by atoms with E-state index in [2.05, 4.69) is 42.3 Å². The van der Waals surface area contributed by atoms with Crippen molar-refractivity contribution in [1.82, 2.24) is 9.38 Å². The average Bonchev–Trinajstić information content (AvgIpc) is 3.30. The SMILES string of the molecule is CC(C)(C)Nc1c(-c2ccc(C#Cc3cccc(C(N)=O)c3)s2)nc2ccccn12. The largest absolute Gasteiger partial charge is 0.366 e. The van der Waals surface area contributed by atoms with Gasteiger partial charge in [-0.15, -0.1) is 11.3 Å². The summed E-state index contributed by atoms with van der Waals surface area (Å²) >= 11 is 1.59. The first-order valence-corrected chi connectivity index (χ1v) is 10.4. The number of hydrogen-bond acceptors (Lipinski definition) is 4. The second-order valence-corrected chi connectivity index (χ2v) is 9.06. The number of nitrogens with two attached hydrogens (primary N) is 1. The molecule has 5 nitrogen and oxygen atoms in total. The highest BCUT2D eigenvalue weighted by Gasteiger charge is 2.20. The molecule has 0 aliphatic rings. The summed E-state index contributed by atoms with van der Waals surface area (Å²) in [7, 11) is 0. The zero-order chi connectivity index (χ0) is 21.3. The van der Waals surface area contributed by atoms with Crippen molar-refractivity contribution in [2.75, 3.05) is 5.32 Å². The lowest BCUT2D eigenvalue weighted by Crippen LogP contribution is -2.27. The first-order valence-electron chi connectivity index (χ1n) is 9.57. The number of nitrogens with one attached hydrogen (secondary N) is 1. The molecule has 150 valence electrons. The summed E-state index contributed by atoms with van der Waals surface area (Å²) in [6.07, 6.45) is 2.01. The molecule has 3 N–H and O–H groups in total. The molecule has 0 fully saturated rings. The third kappa shape index (κ3) is 4.22. The van der Waals surface area contributed by atoms with Crippen molar-refractivity contribution in [2.24, 2.45) is 5.73 Å². The Morgan fingerprint density at radius 1 is 1.10 bits per heavy atom. The number of benzene rings is 1. The molecule has 0 unspecified atom stereocenters. The van der Waals surface area contributed by atoms with Gasteiger partial charge in [-0.1, -0.05) is 24.0 Å². The Labute approximate surface area is 179 Å². The quantitative estimate of drug-likeness (QED) is 0.474. The number of anilines is 1. The van der Waals surface area contributed by atoms with Crippen LogP contribution >= 0.6 is 11.3 Å². The molecule has 3 aromatic heterocycles. The lowest BCUT2D eigenvalue weighted by atomic mass is 10.1. The number of nitrogens with zero attached hydrogens (tertiary/aromatic N) is 2. The lowest BCUT2D eigenvalue weighted by molar-refractivity contribution is 0.1000. The zero-order valence-electron chi connectivity index (χ0n) is 17.1. The molecule has 30 heavy (non-hydrogen) atoms. The number of carbonyl (C=O) groups excluding carboxylic acids is 1. The van der Waals surface area contributed by atoms with Crippen molar-refractivity contribution in [3.63, 3.8) is 0 Å². The molecule has 1 aromatic carbocycles. The second-order valence-electron chi connectivity index (χ2n) is 7.97. The van der Waals surface area contributed by atoms with Crippen molar-refractivity contribution in [1.29, 1.82) is 0 Å². The number of imidazole rings is 1. The molecule has 1 amide bonds. The first-order chi connectivity index (χ1) is 14.3. The third-order valence-corrected chi connectivity index (χ3v) is 5.35. The summed E-state index contributed by atoms with van der Waals surface area (Å²) in [4.78, 5) is 18.2. The predicted octanol–water partition coefficient (Wildman–Crippen LogP) is 4.77. The Kier molecular flexibility index (Phi) is 5.06. The second kappa shape index (κ2) is 7.69. The summed E-state index contributed by atoms with van der Waals surface area (Å²) < 4.78 is 2.07. The van der Waals surface area contributed by atoms with E-state index in [9.17, 15) is 4.79 Å². The van der Waals surface area contributed by atoms with E-state index in [1.165, 1.54) is 0 Å². The minimum absolute atomic E-state index is 0.105. The number of hydrogen-bond donors (Lipinski definition) is 2. The maximum atomic E-state index is 11.4. The van der Waals surface area contributed by atoms with Crippen molar-refractivity contribution in [2.45, 2.75) is 26.3 Å². The third-order valence-electron chi connectivity index (χ3n) is 4.34. The van der Waals surface area contributed by atoms with Gasteiger partial charge < -0.3 is 11.1 Å². The highest BCUT2D eigenvalue weighted by Crippen LogP contribution is 2.35. The summed E-state index contributed by atoms with van der Waals surface area (Å²) in [6.45, 7) is 6.39. The molecule has 4 rings (SSSR count). The topological polar surface area (TPSA) is 72.4 Å². The van der Waals surface area contributed by atoms with Crippen LogP contribution in [-0.2, 0) is 0 Å². The number of thiophene rings is 1. The van der Waals surface area contributed by atoms with Gasteiger partial charge in [0.2, 0.25) is 5.91 Å². The van der Waals surface area contributed by atoms with Crippen LogP contribution in [0.2, 0.25) is 0 Å². The van der Waals surface area contributed by atoms with E-state index in [-0.39, 0.29) is 5.54 Å². The smallest absolute Gasteiger partial charge is 0.248 e. The Balaban J connectivity index is 1.70. The van der Waals surface area contributed by atoms with Gasteiger partial charge in [0, 0.05) is 22.9 Å². The maximum absolute atomic E-state index is 11.4. The van der Waals surface area contributed by atoms with Crippen LogP contribution in [0.15, 0.2) is 60.8 Å². The van der Waals surface area contributed by atoms with E-state index in [0.29, 0.717) is 5.56 Å². The molecule has 0 saturated heterocycles. The van der Waals surface area contributed by atoms with E-state index in [1.54, 1.807) is 29.5 Å². The van der Waals surface area contributed by atoms with Gasteiger partial charge in [0.1, 0.15) is 17.2 Å². The molecule has 0 atom stereocenters. The Morgan fingerprint density at radius 3 is 2.70 bits per heavy atom. The molecule has 0 bridgehead atoms. The Hall–Kier alpha value is -3.56. The van der Waals surface area contributed by atoms with Gasteiger partial charge in [0.15, 0.2) is 0 Å². The fourth-order valence-corrected chi connectivity index (χ4v) is 3.91.